The molecule has 0 radical (unpaired) electrons. The van der Waals surface area contributed by atoms with E-state index in [1.165, 1.54) is 6.20 Å². The first-order chi connectivity index (χ1) is 14.8. The van der Waals surface area contributed by atoms with E-state index in [-0.39, 0.29) is 36.0 Å². The summed E-state index contributed by atoms with van der Waals surface area (Å²) in [7, 11) is 1.56. The number of anilines is 1. The summed E-state index contributed by atoms with van der Waals surface area (Å²) in [4.78, 5) is 31.0. The maximum absolute atomic E-state index is 12.9. The summed E-state index contributed by atoms with van der Waals surface area (Å²) in [5.41, 5.74) is -0.154. The van der Waals surface area contributed by atoms with Crippen molar-refractivity contribution in [2.75, 3.05) is 25.5 Å². The van der Waals surface area contributed by atoms with Crippen molar-refractivity contribution in [1.82, 2.24) is 15.2 Å². The first-order valence-corrected chi connectivity index (χ1v) is 11.5. The lowest BCUT2D eigenvalue weighted by atomic mass is 9.53. The van der Waals surface area contributed by atoms with E-state index in [1.807, 2.05) is 0 Å². The number of likely N-dealkylation sites (tertiary alicyclic amines) is 1. The summed E-state index contributed by atoms with van der Waals surface area (Å²) in [6, 6.07) is 1.56. The predicted molar refractivity (Wildman–Crippen MR) is 115 cm³/mol. The molecule has 1 aromatic heterocycles. The molecule has 1 aliphatic heterocycles. The number of aliphatic hydroxyl groups is 1. The van der Waals surface area contributed by atoms with E-state index in [4.69, 9.17) is 16.3 Å². The molecule has 2 heterocycles. The minimum atomic E-state index is -0.532. The van der Waals surface area contributed by atoms with Gasteiger partial charge in [-0.1, -0.05) is 11.6 Å². The van der Waals surface area contributed by atoms with E-state index in [0.717, 1.165) is 38.5 Å². The summed E-state index contributed by atoms with van der Waals surface area (Å²) >= 11 is 6.00. The Kier molecular flexibility index (Phi) is 5.25. The first kappa shape index (κ1) is 20.8. The molecule has 9 heteroatoms. The summed E-state index contributed by atoms with van der Waals surface area (Å²) in [6.07, 6.45) is 6.44. The van der Waals surface area contributed by atoms with Crippen LogP contribution in [0.25, 0.3) is 0 Å². The van der Waals surface area contributed by atoms with Gasteiger partial charge in [0.25, 0.3) is 5.91 Å². The average Bonchev–Trinajstić information content (AvgIpc) is 3.19. The van der Waals surface area contributed by atoms with Crippen LogP contribution in [0.5, 0.6) is 0 Å². The van der Waals surface area contributed by atoms with Crippen LogP contribution >= 0.6 is 11.6 Å². The summed E-state index contributed by atoms with van der Waals surface area (Å²) in [5, 5.41) is 17.0. The topological polar surface area (TPSA) is 104 Å². The van der Waals surface area contributed by atoms with Crippen LogP contribution in [0.3, 0.4) is 0 Å². The monoisotopic (exact) mass is 448 g/mol. The van der Waals surface area contributed by atoms with Crippen LogP contribution in [0.2, 0.25) is 5.02 Å². The van der Waals surface area contributed by atoms with E-state index in [1.54, 1.807) is 18.0 Å². The molecule has 2 unspecified atom stereocenters. The number of hydrogen-bond acceptors (Lipinski definition) is 6. The second-order valence-corrected chi connectivity index (χ2v) is 10.2. The zero-order valence-electron chi connectivity index (χ0n) is 17.6. The van der Waals surface area contributed by atoms with Gasteiger partial charge in [0.05, 0.1) is 16.2 Å². The number of amides is 2. The lowest BCUT2D eigenvalue weighted by Gasteiger charge is -2.57. The predicted octanol–water partition coefficient (Wildman–Crippen LogP) is 2.66. The maximum Gasteiger partial charge on any atom is 0.410 e. The number of aromatic nitrogens is 1. The van der Waals surface area contributed by atoms with Crippen LogP contribution in [0.15, 0.2) is 12.3 Å². The second kappa shape index (κ2) is 7.81. The largest absolute Gasteiger partial charge is 0.446 e. The molecule has 3 N–H and O–H groups in total. The Labute approximate surface area is 186 Å². The molecule has 4 aliphatic carbocycles. The highest BCUT2D eigenvalue weighted by Gasteiger charge is 2.56. The standard InChI is InChI=1S/C22H29ClN4O4/c1-24-20(28)17-6-15(23)10-25-19(17)26-16-2-3-27(11-16)21(29)31-18-13-4-12-5-14(18)9-22(30,7-12)8-13/h6,10,12-14,16,18,30H,2-5,7-9,11H2,1H3,(H,24,28)(H,25,26)/t12?,13?,14?,16-,18-,22-/m1/s1. The van der Waals surface area contributed by atoms with Gasteiger partial charge in [0.1, 0.15) is 11.9 Å². The van der Waals surface area contributed by atoms with Gasteiger partial charge in [0, 0.05) is 32.4 Å². The van der Waals surface area contributed by atoms with E-state index < -0.39 is 5.60 Å². The van der Waals surface area contributed by atoms with Crippen molar-refractivity contribution >= 4 is 29.4 Å². The average molecular weight is 449 g/mol. The van der Waals surface area contributed by atoms with E-state index in [9.17, 15) is 14.7 Å². The molecule has 8 nitrogen and oxygen atoms in total. The lowest BCUT2D eigenvalue weighted by molar-refractivity contribution is -0.177. The Morgan fingerprint density at radius 1 is 1.29 bits per heavy atom. The Morgan fingerprint density at radius 3 is 2.71 bits per heavy atom. The molecule has 168 valence electrons. The summed E-state index contributed by atoms with van der Waals surface area (Å²) in [6.45, 7) is 1.08. The van der Waals surface area contributed by atoms with Gasteiger partial charge in [-0.05, 0) is 62.3 Å². The van der Waals surface area contributed by atoms with Crippen molar-refractivity contribution in [2.24, 2.45) is 17.8 Å². The van der Waals surface area contributed by atoms with Crippen LogP contribution in [-0.2, 0) is 4.74 Å². The third-order valence-electron chi connectivity index (χ3n) is 7.50. The van der Waals surface area contributed by atoms with Gasteiger partial charge in [0.15, 0.2) is 0 Å². The minimum Gasteiger partial charge on any atom is -0.446 e. The van der Waals surface area contributed by atoms with Crippen molar-refractivity contribution in [2.45, 2.75) is 56.3 Å². The normalized spacial score (nSPS) is 35.8. The Hall–Kier alpha value is -2.06. The molecule has 5 fully saturated rings. The van der Waals surface area contributed by atoms with E-state index in [2.05, 4.69) is 15.6 Å². The van der Waals surface area contributed by atoms with Gasteiger partial charge in [-0.15, -0.1) is 0 Å². The van der Waals surface area contributed by atoms with E-state index >= 15 is 0 Å². The molecular formula is C22H29ClN4O4. The number of hydrogen-bond donors (Lipinski definition) is 3. The minimum absolute atomic E-state index is 0.0242. The van der Waals surface area contributed by atoms with Crippen molar-refractivity contribution in [3.63, 3.8) is 0 Å². The molecular weight excluding hydrogens is 420 g/mol. The van der Waals surface area contributed by atoms with Crippen LogP contribution in [0, 0.1) is 17.8 Å². The number of carbonyl (C=O) groups is 2. The highest BCUT2D eigenvalue weighted by atomic mass is 35.5. The second-order valence-electron chi connectivity index (χ2n) is 9.75. The molecule has 5 aliphatic rings. The highest BCUT2D eigenvalue weighted by molar-refractivity contribution is 6.31. The van der Waals surface area contributed by atoms with Crippen molar-refractivity contribution < 1.29 is 19.4 Å². The van der Waals surface area contributed by atoms with Crippen LogP contribution < -0.4 is 10.6 Å². The SMILES string of the molecule is CNC(=O)c1cc(Cl)cnc1N[C@@H]1CCN(C(=O)O[C@H]2C3CC4CC2C[C@](O)(C4)C3)C1. The Bertz CT molecular complexity index is 880. The number of nitrogens with one attached hydrogen (secondary N) is 2. The molecule has 0 aromatic carbocycles. The molecule has 0 spiro atoms. The van der Waals surface area contributed by atoms with Gasteiger partial charge in [-0.25, -0.2) is 9.78 Å². The fraction of sp³-hybridized carbons (Fsp3) is 0.682. The number of ether oxygens (including phenoxy) is 1. The Balaban J connectivity index is 1.20. The van der Waals surface area contributed by atoms with Gasteiger partial charge in [-0.2, -0.15) is 0 Å². The highest BCUT2D eigenvalue weighted by Crippen LogP contribution is 2.56. The zero-order chi connectivity index (χ0) is 21.8. The molecule has 6 rings (SSSR count). The number of rotatable bonds is 4. The molecule has 4 saturated carbocycles. The van der Waals surface area contributed by atoms with Crippen molar-refractivity contribution in [3.8, 4) is 0 Å². The molecule has 1 aromatic rings. The third-order valence-corrected chi connectivity index (χ3v) is 7.71. The number of pyridine rings is 1. The van der Waals surface area contributed by atoms with Crippen LogP contribution in [0.1, 0.15) is 48.9 Å². The number of carbonyl (C=O) groups excluding carboxylic acids is 2. The molecule has 4 bridgehead atoms. The van der Waals surface area contributed by atoms with E-state index in [0.29, 0.717) is 35.4 Å². The van der Waals surface area contributed by atoms with Crippen molar-refractivity contribution in [1.29, 1.82) is 0 Å². The first-order valence-electron chi connectivity index (χ1n) is 11.2. The van der Waals surface area contributed by atoms with Crippen LogP contribution in [-0.4, -0.2) is 64.9 Å². The maximum atomic E-state index is 12.9. The summed E-state index contributed by atoms with van der Waals surface area (Å²) in [5.74, 6) is 1.34. The quantitative estimate of drug-likeness (QED) is 0.654. The molecule has 2 amide bonds. The number of halogens is 1. The zero-order valence-corrected chi connectivity index (χ0v) is 18.4. The Morgan fingerprint density at radius 2 is 2.03 bits per heavy atom. The van der Waals surface area contributed by atoms with Gasteiger partial charge in [0.2, 0.25) is 0 Å². The lowest BCUT2D eigenvalue weighted by Crippen LogP contribution is -2.58. The van der Waals surface area contributed by atoms with Gasteiger partial charge in [-0.3, -0.25) is 4.79 Å². The van der Waals surface area contributed by atoms with Gasteiger partial charge >= 0.3 is 6.09 Å². The fourth-order valence-corrected chi connectivity index (χ4v) is 6.58. The third kappa shape index (κ3) is 3.96. The smallest absolute Gasteiger partial charge is 0.410 e. The fourth-order valence-electron chi connectivity index (χ4n) is 6.42. The summed E-state index contributed by atoms with van der Waals surface area (Å²) < 4.78 is 6.00. The molecule has 1 saturated heterocycles. The van der Waals surface area contributed by atoms with Crippen LogP contribution in [0.4, 0.5) is 10.6 Å². The van der Waals surface area contributed by atoms with Gasteiger partial charge < -0.3 is 25.4 Å². The molecule has 3 atom stereocenters. The number of nitrogens with zero attached hydrogens (tertiary/aromatic N) is 2. The molecule has 31 heavy (non-hydrogen) atoms. The van der Waals surface area contributed by atoms with Crippen molar-refractivity contribution in [3.05, 3.63) is 22.8 Å².